The summed E-state index contributed by atoms with van der Waals surface area (Å²) in [7, 11) is 0. The van der Waals surface area contributed by atoms with Crippen LogP contribution in [0, 0.1) is 5.82 Å². The highest BCUT2D eigenvalue weighted by Crippen LogP contribution is 2.20. The molecule has 1 aromatic rings. The molecule has 1 aliphatic heterocycles. The van der Waals surface area contributed by atoms with Gasteiger partial charge >= 0.3 is 6.18 Å². The van der Waals surface area contributed by atoms with Gasteiger partial charge in [0.2, 0.25) is 0 Å². The number of carbonyl (C=O) groups excluding carboxylic acids is 1. The molecule has 0 unspecified atom stereocenters. The molecule has 0 N–H and O–H groups in total. The molecule has 8 heteroatoms. The highest BCUT2D eigenvalue weighted by molar-refractivity contribution is 5.77. The van der Waals surface area contributed by atoms with Gasteiger partial charge in [-0.2, -0.15) is 13.2 Å². The molecule has 134 valence electrons. The number of carbonyl (C=O) groups is 1. The third-order valence-electron chi connectivity index (χ3n) is 3.83. The zero-order valence-corrected chi connectivity index (χ0v) is 13.2. The van der Waals surface area contributed by atoms with Gasteiger partial charge in [0, 0.05) is 26.2 Å². The lowest BCUT2D eigenvalue weighted by Crippen LogP contribution is -2.38. The van der Waals surface area contributed by atoms with Gasteiger partial charge in [-0.3, -0.25) is 4.79 Å². The van der Waals surface area contributed by atoms with E-state index < -0.39 is 12.6 Å². The first-order valence-corrected chi connectivity index (χ1v) is 7.79. The zero-order valence-electron chi connectivity index (χ0n) is 13.2. The van der Waals surface area contributed by atoms with Crippen LogP contribution in [-0.4, -0.2) is 61.2 Å². The van der Waals surface area contributed by atoms with E-state index in [1.54, 1.807) is 9.80 Å². The maximum absolute atomic E-state index is 12.8. The first-order chi connectivity index (χ1) is 11.3. The van der Waals surface area contributed by atoms with Crippen molar-refractivity contribution < 1.29 is 27.1 Å². The van der Waals surface area contributed by atoms with E-state index in [9.17, 15) is 22.4 Å². The number of halogens is 4. The van der Waals surface area contributed by atoms with Crippen LogP contribution in [0.15, 0.2) is 24.3 Å². The number of nitrogens with zero attached hydrogens (tertiary/aromatic N) is 2. The minimum Gasteiger partial charge on any atom is -0.484 e. The zero-order chi connectivity index (χ0) is 17.6. The maximum Gasteiger partial charge on any atom is 0.390 e. The minimum atomic E-state index is -4.16. The number of hydrogen-bond acceptors (Lipinski definition) is 3. The molecule has 4 nitrogen and oxygen atoms in total. The number of rotatable bonds is 5. The Labute approximate surface area is 138 Å². The maximum atomic E-state index is 12.8. The van der Waals surface area contributed by atoms with Gasteiger partial charge in [-0.25, -0.2) is 4.39 Å². The van der Waals surface area contributed by atoms with Crippen LogP contribution in [0.25, 0.3) is 0 Å². The molecule has 1 amide bonds. The molecular weight excluding hydrogens is 328 g/mol. The lowest BCUT2D eigenvalue weighted by atomic mass is 10.3. The van der Waals surface area contributed by atoms with Gasteiger partial charge in [0.05, 0.1) is 6.42 Å². The fraction of sp³-hybridized carbons (Fsp3) is 0.562. The van der Waals surface area contributed by atoms with Gasteiger partial charge in [0.15, 0.2) is 6.61 Å². The molecule has 1 saturated heterocycles. The second kappa shape index (κ2) is 8.32. The van der Waals surface area contributed by atoms with E-state index in [-0.39, 0.29) is 24.9 Å². The van der Waals surface area contributed by atoms with Crippen molar-refractivity contribution in [1.29, 1.82) is 0 Å². The molecule has 0 aliphatic carbocycles. The monoisotopic (exact) mass is 348 g/mol. The normalized spacial score (nSPS) is 16.8. The molecule has 0 bridgehead atoms. The van der Waals surface area contributed by atoms with Crippen LogP contribution in [0.3, 0.4) is 0 Å². The van der Waals surface area contributed by atoms with Crippen LogP contribution >= 0.6 is 0 Å². The third-order valence-corrected chi connectivity index (χ3v) is 3.83. The van der Waals surface area contributed by atoms with Gasteiger partial charge in [-0.15, -0.1) is 0 Å². The summed E-state index contributed by atoms with van der Waals surface area (Å²) in [6.45, 7) is 1.61. The average Bonchev–Trinajstić information content (AvgIpc) is 2.77. The largest absolute Gasteiger partial charge is 0.484 e. The molecule has 1 fully saturated rings. The van der Waals surface area contributed by atoms with Crippen LogP contribution in [0.4, 0.5) is 17.6 Å². The van der Waals surface area contributed by atoms with Crippen molar-refractivity contribution in [3.63, 3.8) is 0 Å². The predicted molar refractivity (Wildman–Crippen MR) is 80.2 cm³/mol. The topological polar surface area (TPSA) is 32.8 Å². The molecule has 0 radical (unpaired) electrons. The van der Waals surface area contributed by atoms with E-state index in [4.69, 9.17) is 4.74 Å². The lowest BCUT2D eigenvalue weighted by Gasteiger charge is -2.22. The first kappa shape index (κ1) is 18.5. The van der Waals surface area contributed by atoms with Gasteiger partial charge < -0.3 is 14.5 Å². The fourth-order valence-electron chi connectivity index (χ4n) is 2.50. The fourth-order valence-corrected chi connectivity index (χ4v) is 2.50. The Balaban J connectivity index is 1.76. The molecule has 0 aromatic heterocycles. The van der Waals surface area contributed by atoms with Gasteiger partial charge in [-0.05, 0) is 37.2 Å². The van der Waals surface area contributed by atoms with Crippen molar-refractivity contribution in [3.05, 3.63) is 30.1 Å². The van der Waals surface area contributed by atoms with E-state index in [1.807, 2.05) is 0 Å². The summed E-state index contributed by atoms with van der Waals surface area (Å²) in [4.78, 5) is 15.5. The summed E-state index contributed by atoms with van der Waals surface area (Å²) < 4.78 is 54.9. The van der Waals surface area contributed by atoms with Crippen molar-refractivity contribution in [2.75, 3.05) is 39.3 Å². The van der Waals surface area contributed by atoms with Crippen molar-refractivity contribution in [1.82, 2.24) is 9.80 Å². The van der Waals surface area contributed by atoms with Crippen LogP contribution in [0.5, 0.6) is 5.75 Å². The quantitative estimate of drug-likeness (QED) is 0.767. The van der Waals surface area contributed by atoms with Crippen LogP contribution in [0.1, 0.15) is 12.8 Å². The summed E-state index contributed by atoms with van der Waals surface area (Å²) in [6.07, 6.45) is -4.38. The molecule has 1 aromatic carbocycles. The van der Waals surface area contributed by atoms with E-state index in [0.29, 0.717) is 38.3 Å². The molecule has 2 rings (SSSR count). The third kappa shape index (κ3) is 6.35. The molecule has 1 aliphatic rings. The van der Waals surface area contributed by atoms with Gasteiger partial charge in [-0.1, -0.05) is 0 Å². The van der Waals surface area contributed by atoms with Gasteiger partial charge in [0.1, 0.15) is 11.6 Å². The summed E-state index contributed by atoms with van der Waals surface area (Å²) in [6, 6.07) is 5.35. The number of alkyl halides is 3. The smallest absolute Gasteiger partial charge is 0.390 e. The number of hydrogen-bond donors (Lipinski definition) is 0. The Hall–Kier alpha value is -1.83. The summed E-state index contributed by atoms with van der Waals surface area (Å²) in [5.41, 5.74) is 0. The number of ether oxygens (including phenoxy) is 1. The molecule has 0 spiro atoms. The van der Waals surface area contributed by atoms with E-state index in [0.717, 1.165) is 0 Å². The summed E-state index contributed by atoms with van der Waals surface area (Å²) in [5.74, 6) is -0.219. The summed E-state index contributed by atoms with van der Waals surface area (Å²) >= 11 is 0. The first-order valence-electron chi connectivity index (χ1n) is 7.79. The standard InChI is InChI=1S/C16H20F4N2O2/c17-13-2-4-14(5-3-13)24-12-15(23)22-8-1-7-21(10-11-22)9-6-16(18,19)20/h2-5H,1,6-12H2. The molecule has 1 heterocycles. The molecule has 24 heavy (non-hydrogen) atoms. The molecule has 0 saturated carbocycles. The molecular formula is C16H20F4N2O2. The van der Waals surface area contributed by atoms with Crippen molar-refractivity contribution in [2.24, 2.45) is 0 Å². The van der Waals surface area contributed by atoms with Crippen LogP contribution in [-0.2, 0) is 4.79 Å². The lowest BCUT2D eigenvalue weighted by molar-refractivity contribution is -0.138. The highest BCUT2D eigenvalue weighted by atomic mass is 19.4. The van der Waals surface area contributed by atoms with Crippen molar-refractivity contribution in [2.45, 2.75) is 19.0 Å². The number of amides is 1. The minimum absolute atomic E-state index is 0.0440. The Morgan fingerprint density at radius 2 is 1.79 bits per heavy atom. The molecule has 0 atom stereocenters. The Kier molecular flexibility index (Phi) is 6.42. The van der Waals surface area contributed by atoms with Crippen LogP contribution in [0.2, 0.25) is 0 Å². The summed E-state index contributed by atoms with van der Waals surface area (Å²) in [5, 5.41) is 0. The van der Waals surface area contributed by atoms with Crippen molar-refractivity contribution in [3.8, 4) is 5.75 Å². The van der Waals surface area contributed by atoms with E-state index in [1.165, 1.54) is 24.3 Å². The second-order valence-electron chi connectivity index (χ2n) is 5.68. The number of benzene rings is 1. The van der Waals surface area contributed by atoms with E-state index >= 15 is 0 Å². The Bertz CT molecular complexity index is 534. The predicted octanol–water partition coefficient (Wildman–Crippen LogP) is 2.69. The SMILES string of the molecule is O=C(COc1ccc(F)cc1)N1CCCN(CCC(F)(F)F)CC1. The Morgan fingerprint density at radius 1 is 1.08 bits per heavy atom. The second-order valence-corrected chi connectivity index (χ2v) is 5.68. The van der Waals surface area contributed by atoms with Crippen molar-refractivity contribution >= 4 is 5.91 Å². The van der Waals surface area contributed by atoms with Crippen LogP contribution < -0.4 is 4.74 Å². The average molecular weight is 348 g/mol. The highest BCUT2D eigenvalue weighted by Gasteiger charge is 2.28. The Morgan fingerprint density at radius 3 is 2.46 bits per heavy atom. The van der Waals surface area contributed by atoms with E-state index in [2.05, 4.69) is 0 Å². The van der Waals surface area contributed by atoms with Gasteiger partial charge in [0.25, 0.3) is 5.91 Å².